The number of nitrogens with zero attached hydrogens (tertiary/aromatic N) is 2. The highest BCUT2D eigenvalue weighted by molar-refractivity contribution is 5.79. The number of rotatable bonds is 11. The number of carbonyl (C=O) groups is 1. The van der Waals surface area contributed by atoms with Gasteiger partial charge in [-0.05, 0) is 61.1 Å². The third kappa shape index (κ3) is 8.52. The lowest BCUT2D eigenvalue weighted by atomic mass is 10.0. The molecule has 202 valence electrons. The van der Waals surface area contributed by atoms with Crippen molar-refractivity contribution in [3.8, 4) is 5.75 Å². The van der Waals surface area contributed by atoms with E-state index in [2.05, 4.69) is 18.7 Å². The molecule has 0 N–H and O–H groups in total. The van der Waals surface area contributed by atoms with Gasteiger partial charge in [0.25, 0.3) is 0 Å². The van der Waals surface area contributed by atoms with Crippen molar-refractivity contribution in [2.24, 2.45) is 5.92 Å². The average molecular weight is 513 g/mol. The topological polar surface area (TPSA) is 51.2 Å². The van der Waals surface area contributed by atoms with Crippen molar-refractivity contribution in [3.63, 3.8) is 0 Å². The maximum absolute atomic E-state index is 13.6. The molecule has 0 aliphatic carbocycles. The second kappa shape index (κ2) is 13.4. The van der Waals surface area contributed by atoms with Gasteiger partial charge in [0.15, 0.2) is 6.29 Å². The van der Waals surface area contributed by atoms with Crippen LogP contribution in [0.5, 0.6) is 5.75 Å². The number of benzene rings is 2. The van der Waals surface area contributed by atoms with Crippen LogP contribution < -0.4 is 4.74 Å². The fraction of sp³-hybridized carbons (Fsp3) is 0.567. The highest BCUT2D eigenvalue weighted by atomic mass is 19.1. The number of amides is 1. The lowest BCUT2D eigenvalue weighted by Gasteiger charge is -2.39. The van der Waals surface area contributed by atoms with Gasteiger partial charge in [0.2, 0.25) is 5.91 Å². The number of likely N-dealkylation sites (tertiary alicyclic amines) is 1. The van der Waals surface area contributed by atoms with Crippen LogP contribution in [-0.4, -0.2) is 67.0 Å². The van der Waals surface area contributed by atoms with Gasteiger partial charge < -0.3 is 24.0 Å². The van der Waals surface area contributed by atoms with Crippen LogP contribution in [0.4, 0.5) is 4.39 Å². The van der Waals surface area contributed by atoms with Crippen LogP contribution in [0.15, 0.2) is 48.5 Å². The predicted octanol–water partition coefficient (Wildman–Crippen LogP) is 5.05. The van der Waals surface area contributed by atoms with Crippen molar-refractivity contribution < 1.29 is 23.4 Å². The van der Waals surface area contributed by atoms with Crippen molar-refractivity contribution in [2.75, 3.05) is 32.8 Å². The molecule has 2 unspecified atom stereocenters. The molecule has 37 heavy (non-hydrogen) atoms. The van der Waals surface area contributed by atoms with Crippen LogP contribution in [0.2, 0.25) is 0 Å². The molecule has 2 aromatic rings. The Bertz CT molecular complexity index is 974. The zero-order chi connectivity index (χ0) is 26.2. The molecule has 0 saturated carbocycles. The molecule has 4 rings (SSSR count). The molecule has 0 radical (unpaired) electrons. The SMILES string of the molecule is CC(C)COc1ccc(CC(=O)N(Cc2ccc(F)cc2)C2CCN(CCC3OCC(C)O3)CC2)cc1. The minimum absolute atomic E-state index is 0.0976. The van der Waals surface area contributed by atoms with Gasteiger partial charge >= 0.3 is 0 Å². The Kier molecular flexibility index (Phi) is 9.95. The van der Waals surface area contributed by atoms with Crippen LogP contribution in [0.3, 0.4) is 0 Å². The highest BCUT2D eigenvalue weighted by Crippen LogP contribution is 2.23. The molecule has 2 aliphatic rings. The fourth-order valence-electron chi connectivity index (χ4n) is 4.92. The van der Waals surface area contributed by atoms with E-state index in [1.165, 1.54) is 12.1 Å². The molecule has 2 fully saturated rings. The average Bonchev–Trinajstić information content (AvgIpc) is 3.32. The predicted molar refractivity (Wildman–Crippen MR) is 142 cm³/mol. The number of hydrogen-bond acceptors (Lipinski definition) is 5. The van der Waals surface area contributed by atoms with Crippen LogP contribution in [0.25, 0.3) is 0 Å². The first kappa shape index (κ1) is 27.6. The van der Waals surface area contributed by atoms with E-state index in [9.17, 15) is 9.18 Å². The second-order valence-electron chi connectivity index (χ2n) is 10.7. The number of hydrogen-bond donors (Lipinski definition) is 0. The summed E-state index contributed by atoms with van der Waals surface area (Å²) in [5.41, 5.74) is 1.91. The standard InChI is InChI=1S/C30H41FN2O4/c1-22(2)20-35-28-10-6-24(7-11-28)18-29(34)33(19-25-4-8-26(31)9-5-25)27-12-15-32(16-13-27)17-14-30-36-21-23(3)37-30/h4-11,22-23,27,30H,12-21H2,1-3H3. The van der Waals surface area contributed by atoms with E-state index in [1.54, 1.807) is 12.1 Å². The smallest absolute Gasteiger partial charge is 0.227 e. The van der Waals surface area contributed by atoms with Crippen LogP contribution in [-0.2, 0) is 27.2 Å². The molecule has 2 atom stereocenters. The Morgan fingerprint density at radius 3 is 2.38 bits per heavy atom. The maximum Gasteiger partial charge on any atom is 0.227 e. The Labute approximate surface area is 220 Å². The fourth-order valence-corrected chi connectivity index (χ4v) is 4.92. The summed E-state index contributed by atoms with van der Waals surface area (Å²) in [5, 5.41) is 0. The van der Waals surface area contributed by atoms with Gasteiger partial charge in [-0.3, -0.25) is 4.79 Å². The van der Waals surface area contributed by atoms with Crippen molar-refractivity contribution in [1.29, 1.82) is 0 Å². The summed E-state index contributed by atoms with van der Waals surface area (Å²) in [7, 11) is 0. The third-order valence-electron chi connectivity index (χ3n) is 7.03. The Morgan fingerprint density at radius 2 is 1.76 bits per heavy atom. The molecule has 2 saturated heterocycles. The third-order valence-corrected chi connectivity index (χ3v) is 7.03. The number of piperidine rings is 1. The maximum atomic E-state index is 13.6. The molecule has 0 spiro atoms. The molecule has 1 amide bonds. The molecular formula is C30H41FN2O4. The lowest BCUT2D eigenvalue weighted by Crippen LogP contribution is -2.48. The first-order chi connectivity index (χ1) is 17.9. The van der Waals surface area contributed by atoms with Gasteiger partial charge in [0.1, 0.15) is 11.6 Å². The lowest BCUT2D eigenvalue weighted by molar-refractivity contribution is -0.134. The molecule has 0 aromatic heterocycles. The van der Waals surface area contributed by atoms with E-state index in [0.29, 0.717) is 32.1 Å². The minimum atomic E-state index is -0.265. The van der Waals surface area contributed by atoms with Gasteiger partial charge in [-0.1, -0.05) is 38.1 Å². The van der Waals surface area contributed by atoms with Crippen molar-refractivity contribution in [3.05, 3.63) is 65.5 Å². The summed E-state index contributed by atoms with van der Waals surface area (Å²) in [6.45, 7) is 10.9. The zero-order valence-corrected chi connectivity index (χ0v) is 22.4. The zero-order valence-electron chi connectivity index (χ0n) is 22.4. The van der Waals surface area contributed by atoms with Gasteiger partial charge in [-0.15, -0.1) is 0 Å². The van der Waals surface area contributed by atoms with Crippen molar-refractivity contribution in [2.45, 2.75) is 71.4 Å². The van der Waals surface area contributed by atoms with Crippen LogP contribution in [0.1, 0.15) is 51.2 Å². The Morgan fingerprint density at radius 1 is 1.08 bits per heavy atom. The van der Waals surface area contributed by atoms with Crippen LogP contribution >= 0.6 is 0 Å². The first-order valence-electron chi connectivity index (χ1n) is 13.6. The Balaban J connectivity index is 1.35. The van der Waals surface area contributed by atoms with E-state index < -0.39 is 0 Å². The molecule has 0 bridgehead atoms. The Hall–Kier alpha value is -2.48. The summed E-state index contributed by atoms with van der Waals surface area (Å²) < 4.78 is 30.7. The minimum Gasteiger partial charge on any atom is -0.493 e. The van der Waals surface area contributed by atoms with Gasteiger partial charge in [-0.25, -0.2) is 4.39 Å². The normalized spacial score (nSPS) is 20.9. The molecule has 2 aromatic carbocycles. The van der Waals surface area contributed by atoms with Crippen molar-refractivity contribution in [1.82, 2.24) is 9.80 Å². The monoisotopic (exact) mass is 512 g/mol. The van der Waals surface area contributed by atoms with E-state index in [1.807, 2.05) is 36.1 Å². The molecule has 2 heterocycles. The summed E-state index contributed by atoms with van der Waals surface area (Å²) >= 11 is 0. The van der Waals surface area contributed by atoms with Crippen molar-refractivity contribution >= 4 is 5.91 Å². The molecule has 7 heteroatoms. The molecule has 2 aliphatic heterocycles. The van der Waals surface area contributed by atoms with Gasteiger partial charge in [0.05, 0.1) is 25.7 Å². The number of carbonyl (C=O) groups excluding carboxylic acids is 1. The largest absolute Gasteiger partial charge is 0.493 e. The van der Waals surface area contributed by atoms with E-state index in [4.69, 9.17) is 14.2 Å². The summed E-state index contributed by atoms with van der Waals surface area (Å²) in [5.74, 6) is 1.11. The second-order valence-corrected chi connectivity index (χ2v) is 10.7. The number of ether oxygens (including phenoxy) is 3. The van der Waals surface area contributed by atoms with E-state index >= 15 is 0 Å². The van der Waals surface area contributed by atoms with E-state index in [0.717, 1.165) is 55.8 Å². The van der Waals surface area contributed by atoms with Gasteiger partial charge in [0, 0.05) is 38.6 Å². The first-order valence-corrected chi connectivity index (χ1v) is 13.6. The molecule has 6 nitrogen and oxygen atoms in total. The summed E-state index contributed by atoms with van der Waals surface area (Å²) in [6, 6.07) is 14.4. The van der Waals surface area contributed by atoms with Gasteiger partial charge in [-0.2, -0.15) is 0 Å². The quantitative estimate of drug-likeness (QED) is 0.422. The molecular weight excluding hydrogens is 471 g/mol. The summed E-state index contributed by atoms with van der Waals surface area (Å²) in [4.78, 5) is 18.0. The highest BCUT2D eigenvalue weighted by Gasteiger charge is 2.29. The number of halogens is 1. The van der Waals surface area contributed by atoms with E-state index in [-0.39, 0.29) is 30.2 Å². The summed E-state index contributed by atoms with van der Waals surface area (Å²) in [6.07, 6.45) is 3.09. The van der Waals surface area contributed by atoms with Crippen LogP contribution in [0, 0.1) is 11.7 Å².